The van der Waals surface area contributed by atoms with E-state index in [1.807, 2.05) is 0 Å². The molecule has 0 aliphatic heterocycles. The Labute approximate surface area is 104 Å². The second kappa shape index (κ2) is 6.00. The lowest BCUT2D eigenvalue weighted by Crippen LogP contribution is -2.38. The fourth-order valence-corrected chi connectivity index (χ4v) is 1.63. The van der Waals surface area contributed by atoms with Gasteiger partial charge in [0.1, 0.15) is 11.7 Å². The first-order chi connectivity index (χ1) is 8.45. The van der Waals surface area contributed by atoms with Crippen LogP contribution in [0.3, 0.4) is 0 Å². The summed E-state index contributed by atoms with van der Waals surface area (Å²) in [6.45, 7) is 3.54. The minimum Gasteiger partial charge on any atom is -0.409 e. The van der Waals surface area contributed by atoms with Crippen molar-refractivity contribution in [3.8, 4) is 0 Å². The van der Waals surface area contributed by atoms with Crippen LogP contribution >= 0.6 is 0 Å². The van der Waals surface area contributed by atoms with Crippen molar-refractivity contribution in [1.29, 1.82) is 0 Å². The average molecular weight is 253 g/mol. The van der Waals surface area contributed by atoms with Crippen LogP contribution in [0.2, 0.25) is 0 Å². The van der Waals surface area contributed by atoms with E-state index in [0.29, 0.717) is 5.69 Å². The summed E-state index contributed by atoms with van der Waals surface area (Å²) in [4.78, 5) is 12.0. The molecule has 0 fully saturated rings. The van der Waals surface area contributed by atoms with Crippen molar-refractivity contribution in [3.05, 3.63) is 30.1 Å². The molecule has 1 atom stereocenters. The zero-order chi connectivity index (χ0) is 13.7. The van der Waals surface area contributed by atoms with Crippen LogP contribution in [0.15, 0.2) is 29.4 Å². The zero-order valence-electron chi connectivity index (χ0n) is 10.2. The highest BCUT2D eigenvalue weighted by molar-refractivity contribution is 6.07. The van der Waals surface area contributed by atoms with Crippen LogP contribution in [-0.4, -0.2) is 17.0 Å². The third-order valence-corrected chi connectivity index (χ3v) is 2.48. The molecule has 98 valence electrons. The molecular weight excluding hydrogens is 237 g/mol. The molecular formula is C12H16FN3O2. The van der Waals surface area contributed by atoms with Gasteiger partial charge in [0.15, 0.2) is 5.84 Å². The van der Waals surface area contributed by atoms with Crippen LogP contribution in [0.4, 0.5) is 10.1 Å². The van der Waals surface area contributed by atoms with Crippen molar-refractivity contribution in [1.82, 2.24) is 0 Å². The molecule has 0 heterocycles. The van der Waals surface area contributed by atoms with Crippen molar-refractivity contribution in [2.75, 3.05) is 5.32 Å². The highest BCUT2D eigenvalue weighted by Gasteiger charge is 2.26. The summed E-state index contributed by atoms with van der Waals surface area (Å²) in [6.07, 6.45) is 0. The Morgan fingerprint density at radius 3 is 2.67 bits per heavy atom. The van der Waals surface area contributed by atoms with E-state index in [1.54, 1.807) is 19.9 Å². The summed E-state index contributed by atoms with van der Waals surface area (Å²) < 4.78 is 13.0. The molecule has 0 spiro atoms. The number of nitrogens with two attached hydrogens (primary N) is 1. The van der Waals surface area contributed by atoms with E-state index in [2.05, 4.69) is 10.5 Å². The normalized spacial score (nSPS) is 13.4. The summed E-state index contributed by atoms with van der Waals surface area (Å²) in [5, 5.41) is 14.0. The molecule has 18 heavy (non-hydrogen) atoms. The minimum absolute atomic E-state index is 0.144. The average Bonchev–Trinajstić information content (AvgIpc) is 2.28. The van der Waals surface area contributed by atoms with E-state index in [0.717, 1.165) is 0 Å². The Morgan fingerprint density at radius 1 is 1.50 bits per heavy atom. The first-order valence-corrected chi connectivity index (χ1v) is 5.49. The standard InChI is InChI=1S/C12H16FN3O2/c1-7(2)10(11(14)16-18)12(17)15-9-5-3-4-8(13)6-9/h3-7,10,18H,1-2H3,(H2,14,16)(H,15,17). The molecule has 1 unspecified atom stereocenters. The van der Waals surface area contributed by atoms with Crippen LogP contribution < -0.4 is 11.1 Å². The maximum Gasteiger partial charge on any atom is 0.235 e. The Balaban J connectivity index is 2.86. The van der Waals surface area contributed by atoms with E-state index in [1.165, 1.54) is 18.2 Å². The Bertz CT molecular complexity index is 460. The largest absolute Gasteiger partial charge is 0.409 e. The first kappa shape index (κ1) is 14.0. The molecule has 5 nitrogen and oxygen atoms in total. The van der Waals surface area contributed by atoms with E-state index in [4.69, 9.17) is 10.9 Å². The predicted molar refractivity (Wildman–Crippen MR) is 66.8 cm³/mol. The second-order valence-corrected chi connectivity index (χ2v) is 4.25. The van der Waals surface area contributed by atoms with Crippen LogP contribution in [-0.2, 0) is 4.79 Å². The minimum atomic E-state index is -0.765. The number of benzene rings is 1. The lowest BCUT2D eigenvalue weighted by atomic mass is 9.94. The number of amides is 1. The molecule has 0 bridgehead atoms. The van der Waals surface area contributed by atoms with Gasteiger partial charge in [-0.1, -0.05) is 25.1 Å². The van der Waals surface area contributed by atoms with Gasteiger partial charge in [-0.15, -0.1) is 0 Å². The number of oxime groups is 1. The van der Waals surface area contributed by atoms with E-state index in [-0.39, 0.29) is 11.8 Å². The van der Waals surface area contributed by atoms with Gasteiger partial charge in [0.05, 0.1) is 0 Å². The number of carbonyl (C=O) groups excluding carboxylic acids is 1. The lowest BCUT2D eigenvalue weighted by molar-refractivity contribution is -0.119. The summed E-state index contributed by atoms with van der Waals surface area (Å²) in [5.41, 5.74) is 5.80. The number of rotatable bonds is 4. The number of nitrogens with one attached hydrogen (secondary N) is 1. The molecule has 0 aliphatic rings. The van der Waals surface area contributed by atoms with Gasteiger partial charge in [0, 0.05) is 5.69 Å². The molecule has 4 N–H and O–H groups in total. The molecule has 1 aromatic carbocycles. The SMILES string of the molecule is CC(C)C(C(=O)Nc1cccc(F)c1)C(N)=NO. The van der Waals surface area contributed by atoms with E-state index in [9.17, 15) is 9.18 Å². The smallest absolute Gasteiger partial charge is 0.235 e. The number of carbonyl (C=O) groups is 1. The Kier molecular flexibility index (Phi) is 4.65. The van der Waals surface area contributed by atoms with Crippen LogP contribution in [0.25, 0.3) is 0 Å². The van der Waals surface area contributed by atoms with Crippen molar-refractivity contribution in [2.45, 2.75) is 13.8 Å². The molecule has 0 aliphatic carbocycles. The molecule has 0 saturated heterocycles. The van der Waals surface area contributed by atoms with Crippen molar-refractivity contribution >= 4 is 17.4 Å². The maximum absolute atomic E-state index is 13.0. The van der Waals surface area contributed by atoms with Gasteiger partial charge in [0.2, 0.25) is 5.91 Å². The van der Waals surface area contributed by atoms with Crippen molar-refractivity contribution in [3.63, 3.8) is 0 Å². The highest BCUT2D eigenvalue weighted by atomic mass is 19.1. The van der Waals surface area contributed by atoms with Gasteiger partial charge in [-0.3, -0.25) is 4.79 Å². The van der Waals surface area contributed by atoms with Gasteiger partial charge >= 0.3 is 0 Å². The number of nitrogens with zero attached hydrogens (tertiary/aromatic N) is 1. The predicted octanol–water partition coefficient (Wildman–Crippen LogP) is 1.78. The van der Waals surface area contributed by atoms with E-state index < -0.39 is 17.6 Å². The van der Waals surface area contributed by atoms with Gasteiger partial charge in [0.25, 0.3) is 0 Å². The Hall–Kier alpha value is -2.11. The summed E-state index contributed by atoms with van der Waals surface area (Å²) in [7, 11) is 0. The number of hydrogen-bond acceptors (Lipinski definition) is 3. The van der Waals surface area contributed by atoms with Gasteiger partial charge in [-0.05, 0) is 24.1 Å². The molecule has 0 aromatic heterocycles. The van der Waals surface area contributed by atoms with Crippen molar-refractivity contribution < 1.29 is 14.4 Å². The lowest BCUT2D eigenvalue weighted by Gasteiger charge is -2.18. The zero-order valence-corrected chi connectivity index (χ0v) is 10.2. The number of amidine groups is 1. The molecule has 1 rings (SSSR count). The topological polar surface area (TPSA) is 87.7 Å². The third-order valence-electron chi connectivity index (χ3n) is 2.48. The molecule has 1 amide bonds. The van der Waals surface area contributed by atoms with Crippen LogP contribution in [0, 0.1) is 17.7 Å². The van der Waals surface area contributed by atoms with Gasteiger partial charge < -0.3 is 16.3 Å². The van der Waals surface area contributed by atoms with Crippen LogP contribution in [0.5, 0.6) is 0 Å². The maximum atomic E-state index is 13.0. The fraction of sp³-hybridized carbons (Fsp3) is 0.333. The number of anilines is 1. The quantitative estimate of drug-likeness (QED) is 0.331. The fourth-order valence-electron chi connectivity index (χ4n) is 1.63. The molecule has 6 heteroatoms. The van der Waals surface area contributed by atoms with Crippen LogP contribution in [0.1, 0.15) is 13.8 Å². The van der Waals surface area contributed by atoms with E-state index >= 15 is 0 Å². The summed E-state index contributed by atoms with van der Waals surface area (Å²) >= 11 is 0. The molecule has 0 saturated carbocycles. The Morgan fingerprint density at radius 2 is 2.17 bits per heavy atom. The second-order valence-electron chi connectivity index (χ2n) is 4.25. The number of hydrogen-bond donors (Lipinski definition) is 3. The molecule has 0 radical (unpaired) electrons. The monoisotopic (exact) mass is 253 g/mol. The molecule has 1 aromatic rings. The van der Waals surface area contributed by atoms with Crippen molar-refractivity contribution in [2.24, 2.45) is 22.7 Å². The number of halogens is 1. The third kappa shape index (κ3) is 3.44. The highest BCUT2D eigenvalue weighted by Crippen LogP contribution is 2.16. The summed E-state index contributed by atoms with van der Waals surface area (Å²) in [5.74, 6) is -1.96. The van der Waals surface area contributed by atoms with Gasteiger partial charge in [-0.25, -0.2) is 4.39 Å². The van der Waals surface area contributed by atoms with Gasteiger partial charge in [-0.2, -0.15) is 0 Å². The summed E-state index contributed by atoms with van der Waals surface area (Å²) in [6, 6.07) is 5.52. The first-order valence-electron chi connectivity index (χ1n) is 5.49.